The molecule has 0 radical (unpaired) electrons. The molecular weight excluding hydrogens is 417 g/mol. The van der Waals surface area contributed by atoms with E-state index in [1.807, 2.05) is 13.1 Å². The molecule has 1 aromatic heterocycles. The zero-order chi connectivity index (χ0) is 15.9. The van der Waals surface area contributed by atoms with E-state index in [2.05, 4.69) is 35.4 Å². The molecule has 2 fully saturated rings. The maximum absolute atomic E-state index is 4.32. The van der Waals surface area contributed by atoms with E-state index in [-0.39, 0.29) is 24.0 Å². The third kappa shape index (κ3) is 6.04. The van der Waals surface area contributed by atoms with E-state index in [1.54, 1.807) is 12.4 Å². The number of aliphatic imine (C=N–C) groups is 1. The van der Waals surface area contributed by atoms with Gasteiger partial charge in [0, 0.05) is 65.3 Å². The van der Waals surface area contributed by atoms with E-state index in [9.17, 15) is 0 Å². The quantitative estimate of drug-likeness (QED) is 0.384. The number of hydrogen-bond acceptors (Lipinski definition) is 5. The Kier molecular flexibility index (Phi) is 7.97. The van der Waals surface area contributed by atoms with Crippen LogP contribution in [0.4, 0.5) is 5.95 Å². The number of rotatable bonds is 6. The standard InChI is InChI=1S/C16H27N7.HI/c1-17-15(21-13-14-3-4-14)18-7-8-22-9-11-23(12-10-22)16-19-5-2-6-20-16;/h2,5-6,14H,3-4,7-13H2,1H3,(H2,17,18,21);1H. The van der Waals surface area contributed by atoms with Gasteiger partial charge in [-0.25, -0.2) is 9.97 Å². The van der Waals surface area contributed by atoms with E-state index in [4.69, 9.17) is 0 Å². The summed E-state index contributed by atoms with van der Waals surface area (Å²) in [6, 6.07) is 1.86. The van der Waals surface area contributed by atoms with E-state index in [1.165, 1.54) is 12.8 Å². The molecule has 1 saturated heterocycles. The van der Waals surface area contributed by atoms with Crippen LogP contribution in [0.2, 0.25) is 0 Å². The molecule has 1 saturated carbocycles. The van der Waals surface area contributed by atoms with Crippen LogP contribution in [-0.2, 0) is 0 Å². The molecule has 2 N–H and O–H groups in total. The van der Waals surface area contributed by atoms with Crippen molar-refractivity contribution in [3.8, 4) is 0 Å². The van der Waals surface area contributed by atoms with E-state index < -0.39 is 0 Å². The maximum Gasteiger partial charge on any atom is 0.225 e. The molecule has 8 heteroatoms. The van der Waals surface area contributed by atoms with Crippen LogP contribution in [0, 0.1) is 5.92 Å². The Labute approximate surface area is 161 Å². The van der Waals surface area contributed by atoms with Gasteiger partial charge in [0.2, 0.25) is 5.95 Å². The topological polar surface area (TPSA) is 68.7 Å². The maximum atomic E-state index is 4.32. The Morgan fingerprint density at radius 3 is 2.50 bits per heavy atom. The molecule has 7 nitrogen and oxygen atoms in total. The molecule has 134 valence electrons. The van der Waals surface area contributed by atoms with E-state index in [0.717, 1.165) is 63.6 Å². The highest BCUT2D eigenvalue weighted by Gasteiger charge is 2.21. The van der Waals surface area contributed by atoms with Crippen LogP contribution in [0.3, 0.4) is 0 Å². The number of nitrogens with one attached hydrogen (secondary N) is 2. The fourth-order valence-corrected chi connectivity index (χ4v) is 2.74. The van der Waals surface area contributed by atoms with Crippen LogP contribution in [0.25, 0.3) is 0 Å². The molecule has 2 heterocycles. The van der Waals surface area contributed by atoms with Gasteiger partial charge in [0.1, 0.15) is 0 Å². The summed E-state index contributed by atoms with van der Waals surface area (Å²) < 4.78 is 0. The molecule has 0 aromatic carbocycles. The zero-order valence-corrected chi connectivity index (χ0v) is 16.6. The lowest BCUT2D eigenvalue weighted by Crippen LogP contribution is -2.49. The largest absolute Gasteiger partial charge is 0.356 e. The SMILES string of the molecule is CN=C(NCCN1CCN(c2ncccn2)CC1)NCC1CC1.I. The van der Waals surface area contributed by atoms with Crippen LogP contribution < -0.4 is 15.5 Å². The van der Waals surface area contributed by atoms with E-state index in [0.29, 0.717) is 0 Å². The normalized spacial score (nSPS) is 18.9. The van der Waals surface area contributed by atoms with Crippen molar-refractivity contribution in [1.29, 1.82) is 0 Å². The number of nitrogens with zero attached hydrogens (tertiary/aromatic N) is 5. The lowest BCUT2D eigenvalue weighted by atomic mass is 10.3. The molecule has 1 aromatic rings. The van der Waals surface area contributed by atoms with Gasteiger partial charge in [0.25, 0.3) is 0 Å². The number of halogens is 1. The van der Waals surface area contributed by atoms with Gasteiger partial charge < -0.3 is 15.5 Å². The second-order valence-electron chi connectivity index (χ2n) is 6.20. The molecule has 1 aliphatic carbocycles. The average Bonchev–Trinajstić information content (AvgIpc) is 3.44. The first-order valence-electron chi connectivity index (χ1n) is 8.54. The van der Waals surface area contributed by atoms with Gasteiger partial charge in [0.15, 0.2) is 5.96 Å². The average molecular weight is 445 g/mol. The predicted molar refractivity (Wildman–Crippen MR) is 108 cm³/mol. The van der Waals surface area contributed by atoms with Gasteiger partial charge in [-0.1, -0.05) is 0 Å². The molecule has 0 atom stereocenters. The number of piperazine rings is 1. The second kappa shape index (κ2) is 9.97. The minimum absolute atomic E-state index is 0. The van der Waals surface area contributed by atoms with Crippen molar-refractivity contribution in [2.45, 2.75) is 12.8 Å². The number of aromatic nitrogens is 2. The van der Waals surface area contributed by atoms with Crippen molar-refractivity contribution in [3.05, 3.63) is 18.5 Å². The van der Waals surface area contributed by atoms with Crippen LogP contribution in [0.5, 0.6) is 0 Å². The highest BCUT2D eigenvalue weighted by Crippen LogP contribution is 2.27. The summed E-state index contributed by atoms with van der Waals surface area (Å²) in [5, 5.41) is 6.79. The Balaban J connectivity index is 0.00000208. The summed E-state index contributed by atoms with van der Waals surface area (Å²) in [4.78, 5) is 17.6. The highest BCUT2D eigenvalue weighted by molar-refractivity contribution is 14.0. The summed E-state index contributed by atoms with van der Waals surface area (Å²) in [6.45, 7) is 7.08. The number of anilines is 1. The van der Waals surface area contributed by atoms with Crippen molar-refractivity contribution in [3.63, 3.8) is 0 Å². The summed E-state index contributed by atoms with van der Waals surface area (Å²) in [5.41, 5.74) is 0. The molecule has 1 aliphatic heterocycles. The molecule has 0 unspecified atom stereocenters. The lowest BCUT2D eigenvalue weighted by molar-refractivity contribution is 0.260. The highest BCUT2D eigenvalue weighted by atomic mass is 127. The summed E-state index contributed by atoms with van der Waals surface area (Å²) >= 11 is 0. The molecule has 0 amide bonds. The number of guanidine groups is 1. The first-order chi connectivity index (χ1) is 11.3. The Hall–Kier alpha value is -1.16. The molecule has 0 bridgehead atoms. The van der Waals surface area contributed by atoms with Crippen molar-refractivity contribution in [2.75, 3.05) is 57.8 Å². The zero-order valence-electron chi connectivity index (χ0n) is 14.3. The van der Waals surface area contributed by atoms with Crippen LogP contribution in [0.15, 0.2) is 23.5 Å². The van der Waals surface area contributed by atoms with Crippen LogP contribution in [0.1, 0.15) is 12.8 Å². The summed E-state index contributed by atoms with van der Waals surface area (Å²) in [7, 11) is 1.83. The third-order valence-electron chi connectivity index (χ3n) is 4.41. The van der Waals surface area contributed by atoms with Crippen LogP contribution in [-0.4, -0.2) is 73.7 Å². The molecular formula is C16H28IN7. The Morgan fingerprint density at radius 1 is 1.17 bits per heavy atom. The minimum Gasteiger partial charge on any atom is -0.356 e. The summed E-state index contributed by atoms with van der Waals surface area (Å²) in [6.07, 6.45) is 6.33. The fourth-order valence-electron chi connectivity index (χ4n) is 2.74. The minimum atomic E-state index is 0. The molecule has 2 aliphatic rings. The smallest absolute Gasteiger partial charge is 0.225 e. The molecule has 3 rings (SSSR count). The Morgan fingerprint density at radius 2 is 1.88 bits per heavy atom. The first-order valence-corrected chi connectivity index (χ1v) is 8.54. The second-order valence-corrected chi connectivity index (χ2v) is 6.20. The van der Waals surface area contributed by atoms with Crippen molar-refractivity contribution in [2.24, 2.45) is 10.9 Å². The number of hydrogen-bond donors (Lipinski definition) is 2. The fraction of sp³-hybridized carbons (Fsp3) is 0.688. The van der Waals surface area contributed by atoms with Crippen LogP contribution >= 0.6 is 24.0 Å². The predicted octanol–water partition coefficient (Wildman–Crippen LogP) is 0.792. The van der Waals surface area contributed by atoms with Gasteiger partial charge in [-0.15, -0.1) is 24.0 Å². The monoisotopic (exact) mass is 445 g/mol. The van der Waals surface area contributed by atoms with E-state index >= 15 is 0 Å². The third-order valence-corrected chi connectivity index (χ3v) is 4.41. The van der Waals surface area contributed by atoms with Gasteiger partial charge in [-0.3, -0.25) is 9.89 Å². The Bertz CT molecular complexity index is 498. The van der Waals surface area contributed by atoms with Gasteiger partial charge >= 0.3 is 0 Å². The molecule has 24 heavy (non-hydrogen) atoms. The molecule has 0 spiro atoms. The van der Waals surface area contributed by atoms with Crippen molar-refractivity contribution in [1.82, 2.24) is 25.5 Å². The van der Waals surface area contributed by atoms with Gasteiger partial charge in [-0.2, -0.15) is 0 Å². The first kappa shape index (κ1) is 19.2. The van der Waals surface area contributed by atoms with Gasteiger partial charge in [0.05, 0.1) is 0 Å². The lowest BCUT2D eigenvalue weighted by Gasteiger charge is -2.34. The summed E-state index contributed by atoms with van der Waals surface area (Å²) in [5.74, 6) is 2.63. The van der Waals surface area contributed by atoms with Crippen molar-refractivity contribution >= 4 is 35.9 Å². The van der Waals surface area contributed by atoms with Gasteiger partial charge in [-0.05, 0) is 24.8 Å². The van der Waals surface area contributed by atoms with Crippen molar-refractivity contribution < 1.29 is 0 Å².